The van der Waals surface area contributed by atoms with Crippen LogP contribution in [0.3, 0.4) is 0 Å². The first kappa shape index (κ1) is 19.4. The van der Waals surface area contributed by atoms with Gasteiger partial charge in [0.15, 0.2) is 0 Å². The van der Waals surface area contributed by atoms with E-state index in [4.69, 9.17) is 0 Å². The smallest absolute Gasteiger partial charge is 0.384 e. The molecule has 0 aliphatic rings. The molecule has 0 heterocycles. The lowest BCUT2D eigenvalue weighted by molar-refractivity contribution is -0.137. The van der Waals surface area contributed by atoms with E-state index in [-0.39, 0.29) is 30.6 Å². The average molecular weight is 332 g/mol. The maximum absolute atomic E-state index is 12.8. The monoisotopic (exact) mass is 332 g/mol. The van der Waals surface area contributed by atoms with Gasteiger partial charge in [-0.3, -0.25) is 9.69 Å². The van der Waals surface area contributed by atoms with Crippen LogP contribution in [0, 0.1) is 0 Å². The second-order valence-corrected chi connectivity index (χ2v) is 6.25. The predicted octanol–water partition coefficient (Wildman–Crippen LogP) is 2.37. The van der Waals surface area contributed by atoms with Crippen LogP contribution in [0.1, 0.15) is 31.9 Å². The first-order valence-corrected chi connectivity index (χ1v) is 7.30. The van der Waals surface area contributed by atoms with Crippen molar-refractivity contribution in [3.05, 3.63) is 35.4 Å². The van der Waals surface area contributed by atoms with Crippen molar-refractivity contribution in [2.24, 2.45) is 0 Å². The fourth-order valence-corrected chi connectivity index (χ4v) is 2.32. The number of carbonyl (C=O) groups excluding carboxylic acids is 1. The number of carbonyl (C=O) groups is 1. The highest BCUT2D eigenvalue weighted by atomic mass is 19.4. The maximum atomic E-state index is 12.8. The molecule has 0 aliphatic carbocycles. The van der Waals surface area contributed by atoms with Gasteiger partial charge < -0.3 is 10.4 Å². The Morgan fingerprint density at radius 2 is 1.87 bits per heavy atom. The summed E-state index contributed by atoms with van der Waals surface area (Å²) < 4.78 is 38.3. The number of rotatable bonds is 6. The van der Waals surface area contributed by atoms with Crippen LogP contribution in [-0.2, 0) is 16.6 Å². The van der Waals surface area contributed by atoms with Crippen LogP contribution in [0.15, 0.2) is 24.3 Å². The molecule has 4 nitrogen and oxygen atoms in total. The van der Waals surface area contributed by atoms with E-state index in [1.54, 1.807) is 11.9 Å². The molecule has 0 radical (unpaired) electrons. The van der Waals surface area contributed by atoms with Gasteiger partial charge in [-0.25, -0.2) is 0 Å². The number of amides is 1. The van der Waals surface area contributed by atoms with Crippen molar-refractivity contribution in [2.45, 2.75) is 38.6 Å². The van der Waals surface area contributed by atoms with Crippen molar-refractivity contribution in [1.29, 1.82) is 0 Å². The summed E-state index contributed by atoms with van der Waals surface area (Å²) in [6.45, 7) is 5.17. The van der Waals surface area contributed by atoms with E-state index < -0.39 is 17.3 Å². The molecule has 1 atom stereocenters. The minimum atomic E-state index is -4.46. The Bertz CT molecular complexity index is 542. The summed E-state index contributed by atoms with van der Waals surface area (Å²) in [7, 11) is 1.63. The fraction of sp³-hybridized carbons (Fsp3) is 0.562. The van der Waals surface area contributed by atoms with E-state index in [9.17, 15) is 23.1 Å². The number of hydrogen-bond acceptors (Lipinski definition) is 3. The van der Waals surface area contributed by atoms with Gasteiger partial charge in [-0.15, -0.1) is 0 Å². The van der Waals surface area contributed by atoms with Crippen molar-refractivity contribution >= 4 is 5.91 Å². The molecule has 0 spiro atoms. The summed E-state index contributed by atoms with van der Waals surface area (Å²) in [4.78, 5) is 13.3. The van der Waals surface area contributed by atoms with E-state index >= 15 is 0 Å². The molecule has 1 aromatic rings. The minimum Gasteiger partial charge on any atom is -0.384 e. The van der Waals surface area contributed by atoms with Crippen molar-refractivity contribution < 1.29 is 23.1 Å². The van der Waals surface area contributed by atoms with Gasteiger partial charge >= 0.3 is 6.18 Å². The quantitative estimate of drug-likeness (QED) is 0.841. The number of nitrogens with one attached hydrogen (secondary N) is 1. The Balaban J connectivity index is 2.81. The molecule has 0 saturated heterocycles. The standard InChI is InChI=1S/C16H23F3N2O2/c1-11(2)20-14(22)9-21(4)10-15(3,23)12-6-5-7-13(8-12)16(17,18)19/h5-8,11,23H,9-10H2,1-4H3,(H,20,22)/t15-/m1/s1. The first-order valence-electron chi connectivity index (χ1n) is 7.30. The Labute approximate surface area is 134 Å². The molecule has 1 aromatic carbocycles. The van der Waals surface area contributed by atoms with Gasteiger partial charge in [0.1, 0.15) is 0 Å². The average Bonchev–Trinajstić information content (AvgIpc) is 2.35. The third kappa shape index (κ3) is 6.19. The number of likely N-dealkylation sites (N-methyl/N-ethyl adjacent to an activating group) is 1. The number of benzene rings is 1. The van der Waals surface area contributed by atoms with E-state index in [1.165, 1.54) is 19.1 Å². The zero-order chi connectivity index (χ0) is 17.8. The molecule has 0 fully saturated rings. The Morgan fingerprint density at radius 1 is 1.30 bits per heavy atom. The third-order valence-electron chi connectivity index (χ3n) is 3.25. The zero-order valence-corrected chi connectivity index (χ0v) is 13.7. The Hall–Kier alpha value is -1.60. The van der Waals surface area contributed by atoms with Gasteiger partial charge in [-0.1, -0.05) is 12.1 Å². The number of hydrogen-bond donors (Lipinski definition) is 2. The first-order chi connectivity index (χ1) is 10.4. The van der Waals surface area contributed by atoms with Gasteiger partial charge in [-0.2, -0.15) is 13.2 Å². The highest BCUT2D eigenvalue weighted by Gasteiger charge is 2.33. The van der Waals surface area contributed by atoms with Crippen molar-refractivity contribution in [3.8, 4) is 0 Å². The highest BCUT2D eigenvalue weighted by Crippen LogP contribution is 2.32. The minimum absolute atomic E-state index is 0.000114. The van der Waals surface area contributed by atoms with Gasteiger partial charge in [0.05, 0.1) is 17.7 Å². The maximum Gasteiger partial charge on any atom is 0.416 e. The summed E-state index contributed by atoms with van der Waals surface area (Å²) in [6, 6.07) is 4.59. The Morgan fingerprint density at radius 3 is 2.39 bits per heavy atom. The molecule has 23 heavy (non-hydrogen) atoms. The van der Waals surface area contributed by atoms with E-state index in [0.717, 1.165) is 12.1 Å². The second-order valence-electron chi connectivity index (χ2n) is 6.25. The third-order valence-corrected chi connectivity index (χ3v) is 3.25. The molecule has 0 bridgehead atoms. The van der Waals surface area contributed by atoms with Gasteiger partial charge in [0, 0.05) is 12.6 Å². The van der Waals surface area contributed by atoms with E-state index in [1.807, 2.05) is 13.8 Å². The number of aliphatic hydroxyl groups is 1. The van der Waals surface area contributed by atoms with Gasteiger partial charge in [0.2, 0.25) is 5.91 Å². The summed E-state index contributed by atoms with van der Waals surface area (Å²) >= 11 is 0. The van der Waals surface area contributed by atoms with Crippen LogP contribution in [0.2, 0.25) is 0 Å². The molecule has 7 heteroatoms. The summed E-state index contributed by atoms with van der Waals surface area (Å²) in [5.74, 6) is -0.206. The molecular weight excluding hydrogens is 309 g/mol. The van der Waals surface area contributed by atoms with E-state index in [2.05, 4.69) is 5.32 Å². The van der Waals surface area contributed by atoms with Crippen molar-refractivity contribution in [2.75, 3.05) is 20.1 Å². The highest BCUT2D eigenvalue weighted by molar-refractivity contribution is 5.78. The van der Waals surface area contributed by atoms with Crippen molar-refractivity contribution in [1.82, 2.24) is 10.2 Å². The van der Waals surface area contributed by atoms with Crippen molar-refractivity contribution in [3.63, 3.8) is 0 Å². The molecule has 0 aliphatic heterocycles. The lowest BCUT2D eigenvalue weighted by Gasteiger charge is -2.30. The second kappa shape index (κ2) is 7.31. The Kier molecular flexibility index (Phi) is 6.18. The lowest BCUT2D eigenvalue weighted by Crippen LogP contribution is -2.43. The summed E-state index contributed by atoms with van der Waals surface area (Å²) in [6.07, 6.45) is -4.46. The predicted molar refractivity (Wildman–Crippen MR) is 81.8 cm³/mol. The molecule has 1 rings (SSSR count). The van der Waals surface area contributed by atoms with Crippen LogP contribution in [-0.4, -0.2) is 42.1 Å². The largest absolute Gasteiger partial charge is 0.416 e. The lowest BCUT2D eigenvalue weighted by atomic mass is 9.93. The topological polar surface area (TPSA) is 52.6 Å². The molecular formula is C16H23F3N2O2. The number of nitrogens with zero attached hydrogens (tertiary/aromatic N) is 1. The van der Waals surface area contributed by atoms with E-state index in [0.29, 0.717) is 0 Å². The summed E-state index contributed by atoms with van der Waals surface area (Å²) in [5, 5.41) is 13.2. The zero-order valence-electron chi connectivity index (χ0n) is 13.7. The van der Waals surface area contributed by atoms with Crippen LogP contribution in [0.4, 0.5) is 13.2 Å². The van der Waals surface area contributed by atoms with Gasteiger partial charge in [0.25, 0.3) is 0 Å². The summed E-state index contributed by atoms with van der Waals surface area (Å²) in [5.41, 5.74) is -2.16. The molecule has 2 N–H and O–H groups in total. The van der Waals surface area contributed by atoms with Crippen LogP contribution >= 0.6 is 0 Å². The number of alkyl halides is 3. The molecule has 0 aromatic heterocycles. The molecule has 0 unspecified atom stereocenters. The molecule has 130 valence electrons. The molecule has 1 amide bonds. The van der Waals surface area contributed by atoms with Crippen LogP contribution in [0.5, 0.6) is 0 Å². The normalized spacial score (nSPS) is 14.9. The fourth-order valence-electron chi connectivity index (χ4n) is 2.32. The van der Waals surface area contributed by atoms with Gasteiger partial charge in [-0.05, 0) is 45.5 Å². The van der Waals surface area contributed by atoms with Crippen LogP contribution < -0.4 is 5.32 Å². The molecule has 0 saturated carbocycles. The SMILES string of the molecule is CC(C)NC(=O)CN(C)C[C@@](C)(O)c1cccc(C(F)(F)F)c1. The number of halogens is 3. The van der Waals surface area contributed by atoms with Crippen LogP contribution in [0.25, 0.3) is 0 Å².